The molecule has 1 saturated heterocycles. The molecule has 2 fully saturated rings. The summed E-state index contributed by atoms with van der Waals surface area (Å²) in [7, 11) is 0. The smallest absolute Gasteiger partial charge is 0.223 e. The van der Waals surface area contributed by atoms with Crippen molar-refractivity contribution in [3.63, 3.8) is 0 Å². The maximum Gasteiger partial charge on any atom is 0.223 e. The van der Waals surface area contributed by atoms with Crippen LogP contribution in [0.2, 0.25) is 0 Å². The van der Waals surface area contributed by atoms with Crippen molar-refractivity contribution in [2.75, 3.05) is 19.6 Å². The number of nitrogens with zero attached hydrogens (tertiary/aromatic N) is 1. The van der Waals surface area contributed by atoms with E-state index in [0.717, 1.165) is 13.0 Å². The second kappa shape index (κ2) is 5.15. The van der Waals surface area contributed by atoms with Gasteiger partial charge in [0.05, 0.1) is 6.10 Å². The molecular weight excluding hydrogens is 204 g/mol. The quantitative estimate of drug-likeness (QED) is 0.687. The summed E-state index contributed by atoms with van der Waals surface area (Å²) in [5.74, 6) is 0.702. The topological polar surface area (TPSA) is 52.6 Å². The van der Waals surface area contributed by atoms with Gasteiger partial charge in [-0.05, 0) is 18.8 Å². The molecule has 1 aliphatic heterocycles. The van der Waals surface area contributed by atoms with Crippen LogP contribution in [-0.2, 0) is 4.79 Å². The Balaban J connectivity index is 1.69. The van der Waals surface area contributed by atoms with Gasteiger partial charge in [-0.15, -0.1) is 0 Å². The molecule has 92 valence electrons. The molecule has 2 atom stereocenters. The molecule has 4 heteroatoms. The van der Waals surface area contributed by atoms with Crippen molar-refractivity contribution in [1.29, 1.82) is 0 Å². The molecule has 0 spiro atoms. The average molecular weight is 226 g/mol. The molecule has 0 aromatic heterocycles. The maximum absolute atomic E-state index is 11.6. The molecule has 1 aliphatic carbocycles. The Morgan fingerprint density at radius 3 is 2.88 bits per heavy atom. The summed E-state index contributed by atoms with van der Waals surface area (Å²) in [5.41, 5.74) is 0. The first kappa shape index (κ1) is 11.9. The highest BCUT2D eigenvalue weighted by molar-refractivity contribution is 5.78. The van der Waals surface area contributed by atoms with E-state index in [-0.39, 0.29) is 5.91 Å². The van der Waals surface area contributed by atoms with Crippen molar-refractivity contribution in [3.8, 4) is 0 Å². The van der Waals surface area contributed by atoms with Gasteiger partial charge in [0, 0.05) is 32.1 Å². The molecule has 2 N–H and O–H groups in total. The van der Waals surface area contributed by atoms with Crippen molar-refractivity contribution in [2.24, 2.45) is 5.92 Å². The zero-order valence-electron chi connectivity index (χ0n) is 9.98. The Labute approximate surface area is 97.0 Å². The molecular formula is C12H22N2O2. The number of aliphatic hydroxyl groups excluding tert-OH is 1. The number of aliphatic hydroxyl groups is 1. The number of rotatable bonds is 6. The highest BCUT2D eigenvalue weighted by Crippen LogP contribution is 2.21. The highest BCUT2D eigenvalue weighted by atomic mass is 16.3. The maximum atomic E-state index is 11.6. The molecule has 0 aromatic rings. The molecule has 2 rings (SSSR count). The lowest BCUT2D eigenvalue weighted by atomic mass is 10.1. The molecule has 2 unspecified atom stereocenters. The monoisotopic (exact) mass is 226 g/mol. The van der Waals surface area contributed by atoms with Crippen molar-refractivity contribution in [3.05, 3.63) is 0 Å². The van der Waals surface area contributed by atoms with Crippen LogP contribution in [0.15, 0.2) is 0 Å². The van der Waals surface area contributed by atoms with Crippen LogP contribution in [0.1, 0.15) is 32.6 Å². The highest BCUT2D eigenvalue weighted by Gasteiger charge is 2.30. The summed E-state index contributed by atoms with van der Waals surface area (Å²) in [4.78, 5) is 13.4. The fraction of sp³-hybridized carbons (Fsp3) is 0.917. The molecule has 0 radical (unpaired) electrons. The van der Waals surface area contributed by atoms with Crippen molar-refractivity contribution in [2.45, 2.75) is 44.8 Å². The second-order valence-corrected chi connectivity index (χ2v) is 5.11. The SMILES string of the molecule is CCC1CC(=O)N(CC(O)CNC2CC2)C1. The molecule has 4 nitrogen and oxygen atoms in total. The minimum atomic E-state index is -0.417. The zero-order valence-corrected chi connectivity index (χ0v) is 9.98. The van der Waals surface area contributed by atoms with E-state index in [2.05, 4.69) is 12.2 Å². The number of likely N-dealkylation sites (tertiary alicyclic amines) is 1. The van der Waals surface area contributed by atoms with Crippen LogP contribution in [-0.4, -0.2) is 47.7 Å². The van der Waals surface area contributed by atoms with Gasteiger partial charge in [0.15, 0.2) is 0 Å². The summed E-state index contributed by atoms with van der Waals surface area (Å²) in [6.45, 7) is 4.06. The molecule has 0 aromatic carbocycles. The van der Waals surface area contributed by atoms with Gasteiger partial charge in [0.25, 0.3) is 0 Å². The van der Waals surface area contributed by atoms with Gasteiger partial charge in [-0.1, -0.05) is 13.3 Å². The van der Waals surface area contributed by atoms with E-state index < -0.39 is 6.10 Å². The molecule has 2 aliphatic rings. The lowest BCUT2D eigenvalue weighted by Crippen LogP contribution is -2.39. The lowest BCUT2D eigenvalue weighted by Gasteiger charge is -2.20. The Bertz CT molecular complexity index is 253. The number of hydrogen-bond acceptors (Lipinski definition) is 3. The Morgan fingerprint density at radius 1 is 1.56 bits per heavy atom. The number of carbonyl (C=O) groups excluding carboxylic acids is 1. The van der Waals surface area contributed by atoms with Gasteiger partial charge in [-0.25, -0.2) is 0 Å². The van der Waals surface area contributed by atoms with Gasteiger partial charge in [0.2, 0.25) is 5.91 Å². The standard InChI is InChI=1S/C12H22N2O2/c1-2-9-5-12(16)14(7-9)8-11(15)6-13-10-3-4-10/h9-11,13,15H,2-8H2,1H3. The van der Waals surface area contributed by atoms with E-state index >= 15 is 0 Å². The molecule has 1 heterocycles. The Morgan fingerprint density at radius 2 is 2.31 bits per heavy atom. The third-order valence-corrected chi connectivity index (χ3v) is 3.52. The summed E-state index contributed by atoms with van der Waals surface area (Å²) < 4.78 is 0. The number of amides is 1. The van der Waals surface area contributed by atoms with Gasteiger partial charge in [-0.3, -0.25) is 4.79 Å². The minimum Gasteiger partial charge on any atom is -0.390 e. The van der Waals surface area contributed by atoms with Crippen LogP contribution < -0.4 is 5.32 Å². The van der Waals surface area contributed by atoms with Gasteiger partial charge in [0.1, 0.15) is 0 Å². The molecule has 0 bridgehead atoms. The first-order chi connectivity index (χ1) is 7.69. The lowest BCUT2D eigenvalue weighted by molar-refractivity contribution is -0.128. The normalized spacial score (nSPS) is 27.5. The first-order valence-electron chi connectivity index (χ1n) is 6.38. The van der Waals surface area contributed by atoms with E-state index in [4.69, 9.17) is 0 Å². The second-order valence-electron chi connectivity index (χ2n) is 5.11. The van der Waals surface area contributed by atoms with E-state index in [9.17, 15) is 9.90 Å². The summed E-state index contributed by atoms with van der Waals surface area (Å²) in [5, 5.41) is 13.1. The van der Waals surface area contributed by atoms with Crippen LogP contribution in [0.25, 0.3) is 0 Å². The van der Waals surface area contributed by atoms with Crippen molar-refractivity contribution < 1.29 is 9.90 Å². The average Bonchev–Trinajstić information content (AvgIpc) is 3.02. The van der Waals surface area contributed by atoms with Crippen LogP contribution >= 0.6 is 0 Å². The first-order valence-corrected chi connectivity index (χ1v) is 6.38. The van der Waals surface area contributed by atoms with Gasteiger partial charge >= 0.3 is 0 Å². The van der Waals surface area contributed by atoms with Crippen molar-refractivity contribution >= 4 is 5.91 Å². The van der Waals surface area contributed by atoms with Crippen LogP contribution in [0.3, 0.4) is 0 Å². The Kier molecular flexibility index (Phi) is 3.82. The summed E-state index contributed by atoms with van der Waals surface area (Å²) in [6, 6.07) is 0.618. The van der Waals surface area contributed by atoms with E-state index in [1.807, 2.05) is 4.90 Å². The molecule has 1 saturated carbocycles. The number of β-amino-alcohol motifs (C(OH)–C–C–N with tert-alkyl or cyclic N) is 1. The van der Waals surface area contributed by atoms with E-state index in [1.54, 1.807) is 0 Å². The van der Waals surface area contributed by atoms with Crippen LogP contribution in [0.4, 0.5) is 0 Å². The third-order valence-electron chi connectivity index (χ3n) is 3.52. The predicted octanol–water partition coefficient (Wildman–Crippen LogP) is 0.358. The van der Waals surface area contributed by atoms with Crippen LogP contribution in [0.5, 0.6) is 0 Å². The van der Waals surface area contributed by atoms with E-state index in [0.29, 0.717) is 31.5 Å². The van der Waals surface area contributed by atoms with Crippen molar-refractivity contribution in [1.82, 2.24) is 10.2 Å². The Hall–Kier alpha value is -0.610. The number of carbonyl (C=O) groups is 1. The van der Waals surface area contributed by atoms with Crippen LogP contribution in [0, 0.1) is 5.92 Å². The fourth-order valence-electron chi connectivity index (χ4n) is 2.21. The number of hydrogen-bond donors (Lipinski definition) is 2. The largest absolute Gasteiger partial charge is 0.390 e. The zero-order chi connectivity index (χ0) is 11.5. The van der Waals surface area contributed by atoms with Gasteiger partial charge < -0.3 is 15.3 Å². The van der Waals surface area contributed by atoms with E-state index in [1.165, 1.54) is 12.8 Å². The molecule has 1 amide bonds. The minimum absolute atomic E-state index is 0.206. The summed E-state index contributed by atoms with van der Waals surface area (Å²) >= 11 is 0. The fourth-order valence-corrected chi connectivity index (χ4v) is 2.21. The van der Waals surface area contributed by atoms with Gasteiger partial charge in [-0.2, -0.15) is 0 Å². The predicted molar refractivity (Wildman–Crippen MR) is 62.0 cm³/mol. The molecule has 16 heavy (non-hydrogen) atoms. The number of nitrogens with one attached hydrogen (secondary N) is 1. The summed E-state index contributed by atoms with van der Waals surface area (Å²) in [6.07, 6.45) is 3.76. The third kappa shape index (κ3) is 3.19.